The van der Waals surface area contributed by atoms with E-state index in [1.54, 1.807) is 13.1 Å². The molecule has 0 radical (unpaired) electrons. The molecule has 4 rings (SSSR count). The van der Waals surface area contributed by atoms with Gasteiger partial charge in [0.1, 0.15) is 24.6 Å². The quantitative estimate of drug-likeness (QED) is 0.263. The highest BCUT2D eigenvalue weighted by molar-refractivity contribution is 9.10. The number of rotatable bonds is 8. The van der Waals surface area contributed by atoms with Crippen LogP contribution in [0.5, 0.6) is 0 Å². The third-order valence-electron chi connectivity index (χ3n) is 5.65. The number of pyridine rings is 1. The smallest absolute Gasteiger partial charge is 0.438 e. The molecule has 0 saturated heterocycles. The summed E-state index contributed by atoms with van der Waals surface area (Å²) in [5, 5.41) is 0. The van der Waals surface area contributed by atoms with Crippen LogP contribution in [0.4, 0.5) is 9.59 Å². The van der Waals surface area contributed by atoms with Gasteiger partial charge in [-0.1, -0.05) is 22.0 Å². The van der Waals surface area contributed by atoms with Gasteiger partial charge in [0.2, 0.25) is 0 Å². The van der Waals surface area contributed by atoms with E-state index in [0.29, 0.717) is 12.8 Å². The Kier molecular flexibility index (Phi) is 8.54. The molecule has 0 saturated carbocycles. The summed E-state index contributed by atoms with van der Waals surface area (Å²) in [6.45, 7) is 3.59. The van der Waals surface area contributed by atoms with Gasteiger partial charge in [0.05, 0.1) is 30.8 Å². The summed E-state index contributed by atoms with van der Waals surface area (Å²) in [6, 6.07) is 11.5. The number of halogens is 1. The normalized spacial score (nSPS) is 14.9. The molecule has 0 spiro atoms. The van der Waals surface area contributed by atoms with E-state index < -0.39 is 18.4 Å². The van der Waals surface area contributed by atoms with Crippen molar-refractivity contribution in [1.29, 1.82) is 0 Å². The minimum absolute atomic E-state index is 0.131. The highest BCUT2D eigenvalue weighted by atomic mass is 79.9. The summed E-state index contributed by atoms with van der Waals surface area (Å²) in [5.41, 5.74) is 4.44. The van der Waals surface area contributed by atoms with Crippen LogP contribution in [0, 0.1) is 6.92 Å². The SMILES string of the molecule is COC(=O)OCC(C)OC(=O)OCCC[C@@H]1N=C(c2ccccn2)c2cc(Br)ccc2-n2c(C)cnc21. The molecule has 0 fully saturated rings. The number of hydrogen-bond acceptors (Lipinski definition) is 9. The minimum Gasteiger partial charge on any atom is -0.438 e. The van der Waals surface area contributed by atoms with Crippen LogP contribution in [0.25, 0.3) is 5.69 Å². The number of benzene rings is 1. The van der Waals surface area contributed by atoms with E-state index in [1.807, 2.05) is 49.5 Å². The van der Waals surface area contributed by atoms with Crippen molar-refractivity contribution in [3.63, 3.8) is 0 Å². The summed E-state index contributed by atoms with van der Waals surface area (Å²) in [4.78, 5) is 37.4. The second-order valence-electron chi connectivity index (χ2n) is 8.40. The Morgan fingerprint density at radius 3 is 2.73 bits per heavy atom. The fourth-order valence-electron chi connectivity index (χ4n) is 3.99. The van der Waals surface area contributed by atoms with Crippen molar-refractivity contribution in [3.05, 3.63) is 76.0 Å². The van der Waals surface area contributed by atoms with Gasteiger partial charge < -0.3 is 18.9 Å². The number of imidazole rings is 1. The molecule has 1 aliphatic rings. The molecule has 0 bridgehead atoms. The summed E-state index contributed by atoms with van der Waals surface area (Å²) in [5.74, 6) is 0.808. The van der Waals surface area contributed by atoms with Gasteiger partial charge in [-0.25, -0.2) is 14.6 Å². The van der Waals surface area contributed by atoms with E-state index in [4.69, 9.17) is 19.2 Å². The van der Waals surface area contributed by atoms with Crippen LogP contribution < -0.4 is 0 Å². The summed E-state index contributed by atoms with van der Waals surface area (Å²) in [6.07, 6.45) is 2.33. The number of fused-ring (bicyclic) bond motifs is 3. The lowest BCUT2D eigenvalue weighted by Crippen LogP contribution is -2.23. The number of hydrogen-bond donors (Lipinski definition) is 0. The third-order valence-corrected chi connectivity index (χ3v) is 6.15. The van der Waals surface area contributed by atoms with Crippen molar-refractivity contribution < 1.29 is 28.5 Å². The molecular formula is C26H27BrN4O6. The predicted molar refractivity (Wildman–Crippen MR) is 138 cm³/mol. The van der Waals surface area contributed by atoms with Crippen LogP contribution in [-0.4, -0.2) is 59.0 Å². The molecule has 37 heavy (non-hydrogen) atoms. The Hall–Kier alpha value is -3.73. The van der Waals surface area contributed by atoms with E-state index in [2.05, 4.69) is 35.2 Å². The van der Waals surface area contributed by atoms with Crippen LogP contribution in [0.1, 0.15) is 48.6 Å². The molecule has 0 N–H and O–H groups in total. The highest BCUT2D eigenvalue weighted by Crippen LogP contribution is 2.34. The number of aromatic nitrogens is 3. The van der Waals surface area contributed by atoms with Gasteiger partial charge in [0, 0.05) is 28.1 Å². The first-order valence-electron chi connectivity index (χ1n) is 11.7. The zero-order valence-corrected chi connectivity index (χ0v) is 22.3. The Balaban J connectivity index is 1.49. The molecule has 10 nitrogen and oxygen atoms in total. The lowest BCUT2D eigenvalue weighted by molar-refractivity contribution is -0.00718. The van der Waals surface area contributed by atoms with Crippen molar-refractivity contribution in [2.45, 2.75) is 38.8 Å². The molecule has 11 heteroatoms. The zero-order chi connectivity index (χ0) is 26.4. The lowest BCUT2D eigenvalue weighted by atomic mass is 10.0. The van der Waals surface area contributed by atoms with E-state index in [9.17, 15) is 9.59 Å². The lowest BCUT2D eigenvalue weighted by Gasteiger charge is -2.15. The summed E-state index contributed by atoms with van der Waals surface area (Å²) >= 11 is 3.59. The number of aryl methyl sites for hydroxylation is 1. The zero-order valence-electron chi connectivity index (χ0n) is 20.7. The van der Waals surface area contributed by atoms with Crippen molar-refractivity contribution in [1.82, 2.24) is 14.5 Å². The number of nitrogens with zero attached hydrogens (tertiary/aromatic N) is 4. The maximum atomic E-state index is 12.0. The average Bonchev–Trinajstić information content (AvgIpc) is 3.21. The average molecular weight is 571 g/mol. The van der Waals surface area contributed by atoms with Crippen molar-refractivity contribution in [3.8, 4) is 5.69 Å². The van der Waals surface area contributed by atoms with Crippen LogP contribution in [0.3, 0.4) is 0 Å². The topological polar surface area (TPSA) is 114 Å². The monoisotopic (exact) mass is 570 g/mol. The van der Waals surface area contributed by atoms with Gasteiger partial charge in [0.25, 0.3) is 0 Å². The molecule has 1 aromatic carbocycles. The van der Waals surface area contributed by atoms with Gasteiger partial charge >= 0.3 is 12.3 Å². The number of aliphatic imine (C=N–C) groups is 1. The first-order chi connectivity index (χ1) is 17.9. The second kappa shape index (κ2) is 12.0. The van der Waals surface area contributed by atoms with E-state index in [-0.39, 0.29) is 19.3 Å². The Morgan fingerprint density at radius 1 is 1.14 bits per heavy atom. The molecule has 0 aliphatic carbocycles. The fraction of sp³-hybridized carbons (Fsp3) is 0.346. The van der Waals surface area contributed by atoms with E-state index >= 15 is 0 Å². The van der Waals surface area contributed by atoms with Crippen LogP contribution in [0.15, 0.2) is 58.3 Å². The molecule has 2 atom stereocenters. The molecule has 3 heterocycles. The minimum atomic E-state index is -0.846. The molecule has 3 aromatic rings. The first-order valence-corrected chi connectivity index (χ1v) is 12.5. The largest absolute Gasteiger partial charge is 0.508 e. The molecule has 0 amide bonds. The van der Waals surface area contributed by atoms with Crippen molar-refractivity contribution in [2.75, 3.05) is 20.3 Å². The first kappa shape index (κ1) is 26.3. The van der Waals surface area contributed by atoms with Crippen LogP contribution >= 0.6 is 15.9 Å². The second-order valence-corrected chi connectivity index (χ2v) is 9.31. The fourth-order valence-corrected chi connectivity index (χ4v) is 4.35. The van der Waals surface area contributed by atoms with Gasteiger partial charge in [-0.15, -0.1) is 0 Å². The molecule has 1 aliphatic heterocycles. The Labute approximate surface area is 222 Å². The standard InChI is InChI=1S/C26H27BrN4O6/c1-16-14-29-24-21(8-6-12-35-26(33)37-17(2)15-36-25(32)34-3)30-23(20-7-4-5-11-28-20)19-13-18(27)9-10-22(19)31(16)24/h4-5,7,9-11,13-14,17,21H,6,8,12,15H2,1-3H3/t17?,21-/m0/s1. The van der Waals surface area contributed by atoms with Crippen molar-refractivity contribution in [2.24, 2.45) is 4.99 Å². The van der Waals surface area contributed by atoms with Gasteiger partial charge in [0.15, 0.2) is 0 Å². The number of carbonyl (C=O) groups excluding carboxylic acids is 2. The Morgan fingerprint density at radius 2 is 1.97 bits per heavy atom. The Bertz CT molecular complexity index is 1290. The number of ether oxygens (including phenoxy) is 4. The number of carbonyl (C=O) groups is 2. The van der Waals surface area contributed by atoms with Crippen LogP contribution in [0.2, 0.25) is 0 Å². The molecular weight excluding hydrogens is 544 g/mol. The molecule has 2 aromatic heterocycles. The summed E-state index contributed by atoms with van der Waals surface area (Å²) in [7, 11) is 1.20. The third kappa shape index (κ3) is 6.34. The van der Waals surface area contributed by atoms with E-state index in [1.165, 1.54) is 7.11 Å². The van der Waals surface area contributed by atoms with Gasteiger partial charge in [-0.05, 0) is 57.0 Å². The van der Waals surface area contributed by atoms with Gasteiger partial charge in [-0.2, -0.15) is 0 Å². The van der Waals surface area contributed by atoms with E-state index in [0.717, 1.165) is 38.6 Å². The van der Waals surface area contributed by atoms with Crippen LogP contribution in [-0.2, 0) is 18.9 Å². The maximum absolute atomic E-state index is 12.0. The van der Waals surface area contributed by atoms with Crippen molar-refractivity contribution >= 4 is 34.0 Å². The molecule has 1 unspecified atom stereocenters. The highest BCUT2D eigenvalue weighted by Gasteiger charge is 2.27. The predicted octanol–water partition coefficient (Wildman–Crippen LogP) is 5.34. The number of methoxy groups -OCH3 is 1. The van der Waals surface area contributed by atoms with Gasteiger partial charge in [-0.3, -0.25) is 14.5 Å². The molecule has 194 valence electrons. The summed E-state index contributed by atoms with van der Waals surface area (Å²) < 4.78 is 22.5. The maximum Gasteiger partial charge on any atom is 0.508 e.